The summed E-state index contributed by atoms with van der Waals surface area (Å²) < 4.78 is 27.4. The van der Waals surface area contributed by atoms with Crippen molar-refractivity contribution >= 4 is 43.1 Å². The van der Waals surface area contributed by atoms with E-state index in [0.717, 1.165) is 0 Å². The van der Waals surface area contributed by atoms with Crippen LogP contribution in [0.3, 0.4) is 0 Å². The Morgan fingerprint density at radius 3 is 0.818 bits per heavy atom. The van der Waals surface area contributed by atoms with Crippen LogP contribution >= 0.6 is 7.31 Å². The van der Waals surface area contributed by atoms with E-state index >= 15 is 0 Å². The molecule has 3 fully saturated rings. The average molecular weight is 337 g/mol. The average Bonchev–Trinajstić information content (AvgIpc) is 2.20. The molecular formula is C9H6O12P-. The fraction of sp³-hybridized carbons (Fsp3) is 0.333. The standard InChI is InChI=1S/C9H6O12P/c10-4-1-5(11)17-22(16-4,18-6(12)2-7(13)19-22)20-8(14)3-9(15)21-22/h1-3H2/q-1. The summed E-state index contributed by atoms with van der Waals surface area (Å²) in [6, 6.07) is 0. The van der Waals surface area contributed by atoms with Gasteiger partial charge in [-0.1, -0.05) is 0 Å². The van der Waals surface area contributed by atoms with Crippen molar-refractivity contribution in [1.82, 2.24) is 0 Å². The van der Waals surface area contributed by atoms with E-state index in [-0.39, 0.29) is 0 Å². The van der Waals surface area contributed by atoms with Gasteiger partial charge in [0.25, 0.3) is 0 Å². The van der Waals surface area contributed by atoms with Gasteiger partial charge in [-0.15, -0.1) is 0 Å². The maximum atomic E-state index is 11.6. The minimum atomic E-state index is -7.26. The van der Waals surface area contributed by atoms with Gasteiger partial charge in [0.15, 0.2) is 0 Å². The summed E-state index contributed by atoms with van der Waals surface area (Å²) >= 11 is 0. The summed E-state index contributed by atoms with van der Waals surface area (Å²) in [4.78, 5) is 69.5. The van der Waals surface area contributed by atoms with E-state index in [4.69, 9.17) is 0 Å². The molecular weight excluding hydrogens is 331 g/mol. The second-order valence-corrected chi connectivity index (χ2v) is 7.76. The SMILES string of the molecule is O=C1CC(=O)O[P-]23(O1)(OC(=O)CC(=O)O2)OC(=O)CC(=O)O3. The van der Waals surface area contributed by atoms with E-state index in [1.807, 2.05) is 0 Å². The third-order valence-electron chi connectivity index (χ3n) is 2.59. The second-order valence-electron chi connectivity index (χ2n) is 4.43. The van der Waals surface area contributed by atoms with Gasteiger partial charge in [-0.25, -0.2) is 0 Å². The number of hydrogen-bond acceptors (Lipinski definition) is 12. The topological polar surface area (TPSA) is 158 Å². The molecule has 3 heterocycles. The number of rotatable bonds is 0. The molecule has 0 aromatic heterocycles. The molecule has 0 aromatic carbocycles. The zero-order valence-corrected chi connectivity index (χ0v) is 11.4. The van der Waals surface area contributed by atoms with Crippen molar-refractivity contribution in [2.24, 2.45) is 0 Å². The third kappa shape index (κ3) is 1.73. The molecule has 12 nitrogen and oxygen atoms in total. The van der Waals surface area contributed by atoms with E-state index in [1.54, 1.807) is 0 Å². The van der Waals surface area contributed by atoms with Gasteiger partial charge in [0.2, 0.25) is 0 Å². The van der Waals surface area contributed by atoms with Crippen LogP contribution in [0.25, 0.3) is 0 Å². The van der Waals surface area contributed by atoms with E-state index < -0.39 is 62.4 Å². The molecule has 0 aliphatic carbocycles. The van der Waals surface area contributed by atoms with Gasteiger partial charge >= 0.3 is 118 Å². The van der Waals surface area contributed by atoms with E-state index in [9.17, 15) is 28.8 Å². The van der Waals surface area contributed by atoms with Crippen molar-refractivity contribution in [2.75, 3.05) is 0 Å². The van der Waals surface area contributed by atoms with Crippen molar-refractivity contribution in [2.45, 2.75) is 19.3 Å². The summed E-state index contributed by atoms with van der Waals surface area (Å²) in [5.74, 6) is -8.68. The minimum absolute atomic E-state index is 0.977. The Morgan fingerprint density at radius 2 is 0.636 bits per heavy atom. The summed E-state index contributed by atoms with van der Waals surface area (Å²) in [6.07, 6.45) is -2.93. The Kier molecular flexibility index (Phi) is 2.27. The van der Waals surface area contributed by atoms with Crippen molar-refractivity contribution in [1.29, 1.82) is 0 Å². The molecule has 0 N–H and O–H groups in total. The molecule has 22 heavy (non-hydrogen) atoms. The molecule has 0 saturated carbocycles. The van der Waals surface area contributed by atoms with E-state index in [1.165, 1.54) is 0 Å². The fourth-order valence-corrected chi connectivity index (χ4v) is 5.51. The first-order chi connectivity index (χ1) is 10.1. The Morgan fingerprint density at radius 1 is 0.455 bits per heavy atom. The van der Waals surface area contributed by atoms with E-state index in [0.29, 0.717) is 0 Å². The van der Waals surface area contributed by atoms with Gasteiger partial charge in [-0.2, -0.15) is 0 Å². The van der Waals surface area contributed by atoms with Crippen LogP contribution in [0.15, 0.2) is 0 Å². The first-order valence-corrected chi connectivity index (χ1v) is 7.86. The van der Waals surface area contributed by atoms with Crippen molar-refractivity contribution < 1.29 is 55.9 Å². The van der Waals surface area contributed by atoms with E-state index in [2.05, 4.69) is 27.1 Å². The van der Waals surface area contributed by atoms with Crippen molar-refractivity contribution in [3.63, 3.8) is 0 Å². The molecule has 1 spiro atoms. The molecule has 0 bridgehead atoms. The van der Waals surface area contributed by atoms with Crippen LogP contribution < -0.4 is 0 Å². The van der Waals surface area contributed by atoms with Crippen LogP contribution in [0, 0.1) is 0 Å². The Bertz CT molecular complexity index is 539. The molecule has 0 aromatic rings. The Balaban J connectivity index is 2.30. The van der Waals surface area contributed by atoms with Crippen LogP contribution in [0.4, 0.5) is 0 Å². The predicted octanol–water partition coefficient (Wildman–Crippen LogP) is -0.964. The second kappa shape index (κ2) is 3.53. The van der Waals surface area contributed by atoms with Gasteiger partial charge in [0.1, 0.15) is 0 Å². The van der Waals surface area contributed by atoms with Gasteiger partial charge in [0.05, 0.1) is 0 Å². The molecule has 0 radical (unpaired) electrons. The summed E-state index contributed by atoms with van der Waals surface area (Å²) in [5.41, 5.74) is 0. The Labute approximate surface area is 119 Å². The van der Waals surface area contributed by atoms with Gasteiger partial charge in [-0.3, -0.25) is 0 Å². The number of carbonyl (C=O) groups excluding carboxylic acids is 6. The Hall–Kier alpha value is -2.75. The summed E-state index contributed by atoms with van der Waals surface area (Å²) in [6.45, 7) is 0. The first kappa shape index (κ1) is 14.2. The molecule has 3 aliphatic rings. The fourth-order valence-electron chi connectivity index (χ4n) is 2.07. The van der Waals surface area contributed by atoms with Crippen LogP contribution in [-0.2, 0) is 55.9 Å². The number of hydrogen-bond donors (Lipinski definition) is 0. The van der Waals surface area contributed by atoms with Crippen molar-refractivity contribution in [3.8, 4) is 0 Å². The first-order valence-electron chi connectivity index (χ1n) is 5.67. The van der Waals surface area contributed by atoms with Crippen LogP contribution in [0.2, 0.25) is 0 Å². The third-order valence-corrected chi connectivity index (χ3v) is 6.05. The monoisotopic (exact) mass is 337 g/mol. The summed E-state index contributed by atoms with van der Waals surface area (Å²) in [7, 11) is -7.26. The predicted molar refractivity (Wildman–Crippen MR) is 57.3 cm³/mol. The van der Waals surface area contributed by atoms with Gasteiger partial charge < -0.3 is 0 Å². The zero-order valence-electron chi connectivity index (χ0n) is 10.5. The van der Waals surface area contributed by atoms with Gasteiger partial charge in [-0.05, 0) is 0 Å². The maximum absolute atomic E-state index is 11.6. The normalized spacial score (nSPS) is 31.1. The molecule has 3 rings (SSSR count). The zero-order chi connectivity index (χ0) is 16.2. The van der Waals surface area contributed by atoms with Crippen LogP contribution in [0.1, 0.15) is 19.3 Å². The summed E-state index contributed by atoms with van der Waals surface area (Å²) in [5, 5.41) is 0. The number of carbonyl (C=O) groups is 6. The molecule has 13 heteroatoms. The van der Waals surface area contributed by atoms with Crippen LogP contribution in [-0.4, -0.2) is 35.8 Å². The molecule has 3 aliphatic heterocycles. The molecule has 120 valence electrons. The molecule has 3 saturated heterocycles. The van der Waals surface area contributed by atoms with Gasteiger partial charge in [0, 0.05) is 0 Å². The van der Waals surface area contributed by atoms with Crippen molar-refractivity contribution in [3.05, 3.63) is 0 Å². The quantitative estimate of drug-likeness (QED) is 0.394. The molecule has 0 unspecified atom stereocenters. The molecule has 0 atom stereocenters. The molecule has 0 amide bonds. The van der Waals surface area contributed by atoms with Crippen LogP contribution in [0.5, 0.6) is 0 Å².